The highest BCUT2D eigenvalue weighted by Crippen LogP contribution is 2.28. The zero-order valence-corrected chi connectivity index (χ0v) is 10.7. The van der Waals surface area contributed by atoms with E-state index >= 15 is 0 Å². The number of nitrogens with zero attached hydrogens (tertiary/aromatic N) is 1. The summed E-state index contributed by atoms with van der Waals surface area (Å²) in [5.74, 6) is 0. The van der Waals surface area contributed by atoms with Crippen LogP contribution in [-0.2, 0) is 0 Å². The molecule has 0 radical (unpaired) electrons. The number of hydrogen-bond donors (Lipinski definition) is 1. The third-order valence-electron chi connectivity index (χ3n) is 3.42. The Bertz CT molecular complexity index is 376. The minimum absolute atomic E-state index is 0.0799. The Balaban J connectivity index is 2.18. The lowest BCUT2D eigenvalue weighted by Gasteiger charge is -2.35. The summed E-state index contributed by atoms with van der Waals surface area (Å²) >= 11 is 0. The molecule has 100 valence electrons. The summed E-state index contributed by atoms with van der Waals surface area (Å²) < 4.78 is 25.6. The van der Waals surface area contributed by atoms with Crippen molar-refractivity contribution in [2.24, 2.45) is 0 Å². The SMILES string of the molecule is Cc1cccc([C@H](CC(F)F)N2CCNCC2)c1. The van der Waals surface area contributed by atoms with Gasteiger partial charge in [0.25, 0.3) is 0 Å². The molecule has 0 aliphatic carbocycles. The van der Waals surface area contributed by atoms with E-state index in [2.05, 4.69) is 10.2 Å². The van der Waals surface area contributed by atoms with Crippen LogP contribution in [0.1, 0.15) is 23.6 Å². The molecule has 1 saturated heterocycles. The maximum Gasteiger partial charge on any atom is 0.240 e. The molecule has 1 aliphatic heterocycles. The summed E-state index contributed by atoms with van der Waals surface area (Å²) in [4.78, 5) is 2.16. The fourth-order valence-electron chi connectivity index (χ4n) is 2.54. The Labute approximate surface area is 107 Å². The second kappa shape index (κ2) is 6.25. The summed E-state index contributed by atoms with van der Waals surface area (Å²) in [6.45, 7) is 5.44. The van der Waals surface area contributed by atoms with E-state index < -0.39 is 6.43 Å². The fraction of sp³-hybridized carbons (Fsp3) is 0.571. The quantitative estimate of drug-likeness (QED) is 0.888. The number of halogens is 2. The minimum atomic E-state index is -2.26. The molecule has 1 aromatic rings. The van der Waals surface area contributed by atoms with Crippen molar-refractivity contribution in [1.29, 1.82) is 0 Å². The molecule has 1 heterocycles. The lowest BCUT2D eigenvalue weighted by molar-refractivity contribution is 0.0739. The predicted molar refractivity (Wildman–Crippen MR) is 69.0 cm³/mol. The van der Waals surface area contributed by atoms with E-state index in [1.165, 1.54) is 0 Å². The molecule has 1 fully saturated rings. The van der Waals surface area contributed by atoms with Crippen LogP contribution in [0.4, 0.5) is 8.78 Å². The average Bonchev–Trinajstić information content (AvgIpc) is 2.37. The highest BCUT2D eigenvalue weighted by molar-refractivity contribution is 5.25. The Hall–Kier alpha value is -1.00. The average molecular weight is 254 g/mol. The number of aryl methyl sites for hydroxylation is 1. The largest absolute Gasteiger partial charge is 0.314 e. The van der Waals surface area contributed by atoms with Crippen LogP contribution < -0.4 is 5.32 Å². The molecular weight excluding hydrogens is 234 g/mol. The zero-order chi connectivity index (χ0) is 13.0. The van der Waals surface area contributed by atoms with Gasteiger partial charge in [0.1, 0.15) is 0 Å². The molecular formula is C14H20F2N2. The van der Waals surface area contributed by atoms with Gasteiger partial charge in [-0.05, 0) is 12.5 Å². The van der Waals surface area contributed by atoms with E-state index in [-0.39, 0.29) is 12.5 Å². The van der Waals surface area contributed by atoms with Crippen molar-refractivity contribution < 1.29 is 8.78 Å². The molecule has 0 spiro atoms. The minimum Gasteiger partial charge on any atom is -0.314 e. The van der Waals surface area contributed by atoms with E-state index in [0.717, 1.165) is 37.3 Å². The molecule has 2 rings (SSSR count). The smallest absolute Gasteiger partial charge is 0.240 e. The number of alkyl halides is 2. The first kappa shape index (κ1) is 13.4. The van der Waals surface area contributed by atoms with Gasteiger partial charge in [0.05, 0.1) is 0 Å². The summed E-state index contributed by atoms with van der Waals surface area (Å²) in [7, 11) is 0. The van der Waals surface area contributed by atoms with Gasteiger partial charge < -0.3 is 5.32 Å². The summed E-state index contributed by atoms with van der Waals surface area (Å²) in [5, 5.41) is 3.26. The van der Waals surface area contributed by atoms with Crippen molar-refractivity contribution in [3.63, 3.8) is 0 Å². The molecule has 4 heteroatoms. The second-order valence-electron chi connectivity index (χ2n) is 4.84. The van der Waals surface area contributed by atoms with E-state index in [9.17, 15) is 8.78 Å². The van der Waals surface area contributed by atoms with E-state index in [1.807, 2.05) is 31.2 Å². The van der Waals surface area contributed by atoms with Gasteiger partial charge in [0.2, 0.25) is 6.43 Å². The van der Waals surface area contributed by atoms with Crippen LogP contribution in [0.2, 0.25) is 0 Å². The lowest BCUT2D eigenvalue weighted by atomic mass is 9.99. The summed E-state index contributed by atoms with van der Waals surface area (Å²) in [6.07, 6.45) is -2.34. The van der Waals surface area contributed by atoms with Gasteiger partial charge in [-0.3, -0.25) is 4.90 Å². The van der Waals surface area contributed by atoms with Crippen molar-refractivity contribution in [2.45, 2.75) is 25.8 Å². The molecule has 0 saturated carbocycles. The summed E-state index contributed by atoms with van der Waals surface area (Å²) in [5.41, 5.74) is 2.14. The van der Waals surface area contributed by atoms with Crippen LogP contribution in [-0.4, -0.2) is 37.5 Å². The molecule has 1 aromatic carbocycles. The maximum atomic E-state index is 12.8. The fourth-order valence-corrected chi connectivity index (χ4v) is 2.54. The van der Waals surface area contributed by atoms with Crippen LogP contribution >= 0.6 is 0 Å². The second-order valence-corrected chi connectivity index (χ2v) is 4.84. The normalized spacial score (nSPS) is 19.1. The van der Waals surface area contributed by atoms with Gasteiger partial charge in [-0.1, -0.05) is 29.8 Å². The number of piperazine rings is 1. The van der Waals surface area contributed by atoms with Crippen LogP contribution in [0.25, 0.3) is 0 Å². The first-order valence-corrected chi connectivity index (χ1v) is 6.46. The van der Waals surface area contributed by atoms with Gasteiger partial charge in [-0.15, -0.1) is 0 Å². The number of nitrogens with one attached hydrogen (secondary N) is 1. The molecule has 0 aromatic heterocycles. The van der Waals surface area contributed by atoms with Gasteiger partial charge in [-0.25, -0.2) is 8.78 Å². The van der Waals surface area contributed by atoms with Crippen molar-refractivity contribution in [1.82, 2.24) is 10.2 Å². The Morgan fingerprint density at radius 2 is 2.00 bits per heavy atom. The van der Waals surface area contributed by atoms with Gasteiger partial charge >= 0.3 is 0 Å². The molecule has 0 amide bonds. The number of rotatable bonds is 4. The van der Waals surface area contributed by atoms with Crippen molar-refractivity contribution >= 4 is 0 Å². The van der Waals surface area contributed by atoms with Crippen molar-refractivity contribution in [3.8, 4) is 0 Å². The van der Waals surface area contributed by atoms with Crippen molar-refractivity contribution in [2.75, 3.05) is 26.2 Å². The van der Waals surface area contributed by atoms with Crippen LogP contribution in [0.15, 0.2) is 24.3 Å². The zero-order valence-electron chi connectivity index (χ0n) is 10.7. The third-order valence-corrected chi connectivity index (χ3v) is 3.42. The Kier molecular flexibility index (Phi) is 4.66. The molecule has 18 heavy (non-hydrogen) atoms. The first-order valence-electron chi connectivity index (χ1n) is 6.46. The van der Waals surface area contributed by atoms with Gasteiger partial charge in [0, 0.05) is 38.6 Å². The highest BCUT2D eigenvalue weighted by Gasteiger charge is 2.25. The molecule has 2 nitrogen and oxygen atoms in total. The van der Waals surface area contributed by atoms with E-state index in [0.29, 0.717) is 0 Å². The van der Waals surface area contributed by atoms with Gasteiger partial charge in [-0.2, -0.15) is 0 Å². The molecule has 0 bridgehead atoms. The van der Waals surface area contributed by atoms with Crippen LogP contribution in [0.5, 0.6) is 0 Å². The predicted octanol–water partition coefficient (Wildman–Crippen LogP) is 2.60. The first-order chi connectivity index (χ1) is 8.66. The van der Waals surface area contributed by atoms with Crippen molar-refractivity contribution in [3.05, 3.63) is 35.4 Å². The molecule has 1 atom stereocenters. The van der Waals surface area contributed by atoms with Crippen LogP contribution in [0.3, 0.4) is 0 Å². The van der Waals surface area contributed by atoms with E-state index in [4.69, 9.17) is 0 Å². The number of hydrogen-bond acceptors (Lipinski definition) is 2. The van der Waals surface area contributed by atoms with E-state index in [1.54, 1.807) is 0 Å². The lowest BCUT2D eigenvalue weighted by Crippen LogP contribution is -2.45. The molecule has 1 aliphatic rings. The van der Waals surface area contributed by atoms with Gasteiger partial charge in [0.15, 0.2) is 0 Å². The molecule has 1 N–H and O–H groups in total. The van der Waals surface area contributed by atoms with Crippen LogP contribution in [0, 0.1) is 6.92 Å². The Morgan fingerprint density at radius 1 is 1.28 bits per heavy atom. The Morgan fingerprint density at radius 3 is 2.61 bits per heavy atom. The summed E-state index contributed by atoms with van der Waals surface area (Å²) in [6, 6.07) is 7.77. The topological polar surface area (TPSA) is 15.3 Å². The molecule has 0 unspecified atom stereocenters. The highest BCUT2D eigenvalue weighted by atomic mass is 19.3. The monoisotopic (exact) mass is 254 g/mol. The third kappa shape index (κ3) is 3.50. The standard InChI is InChI=1S/C14H20F2N2/c1-11-3-2-4-12(9-11)13(10-14(15)16)18-7-5-17-6-8-18/h2-4,9,13-14,17H,5-8,10H2,1H3/t13-/m0/s1. The maximum absolute atomic E-state index is 12.8. The number of benzene rings is 1.